The Kier molecular flexibility index (Phi) is 6.06. The average molecular weight is 462 g/mol. The van der Waals surface area contributed by atoms with Crippen LogP contribution in [0.4, 0.5) is 13.9 Å². The molecule has 3 aromatic rings. The number of ether oxygens (including phenoxy) is 1. The highest BCUT2D eigenvalue weighted by Gasteiger charge is 2.21. The Bertz CT molecular complexity index is 1200. The molecule has 4 rings (SSSR count). The number of halogens is 3. The zero-order valence-electron chi connectivity index (χ0n) is 16.0. The number of alkyl halides is 2. The monoisotopic (exact) mass is 461 g/mol. The topological polar surface area (TPSA) is 89.9 Å². The fraction of sp³-hybridized carbons (Fsp3) is 0.250. The second-order valence-electron chi connectivity index (χ2n) is 6.57. The summed E-state index contributed by atoms with van der Waals surface area (Å²) >= 11 is 7.15. The summed E-state index contributed by atoms with van der Waals surface area (Å²) in [5.41, 5.74) is 0.125. The summed E-state index contributed by atoms with van der Waals surface area (Å²) in [7, 11) is 1.37. The normalized spacial score (nSPS) is 12.9. The first-order valence-corrected chi connectivity index (χ1v) is 10.3. The Labute approximate surface area is 184 Å². The van der Waals surface area contributed by atoms with E-state index >= 15 is 0 Å². The lowest BCUT2D eigenvalue weighted by molar-refractivity contribution is 0.102. The van der Waals surface area contributed by atoms with Gasteiger partial charge in [0.2, 0.25) is 5.13 Å². The third kappa shape index (κ3) is 4.95. The second-order valence-corrected chi connectivity index (χ2v) is 7.94. The summed E-state index contributed by atoms with van der Waals surface area (Å²) < 4.78 is 31.6. The second kappa shape index (κ2) is 8.91. The van der Waals surface area contributed by atoms with Crippen molar-refractivity contribution in [3.05, 3.63) is 45.9 Å². The predicted molar refractivity (Wildman–Crippen MR) is 111 cm³/mol. The van der Waals surface area contributed by atoms with Gasteiger partial charge in [-0.15, -0.1) is 10.2 Å². The van der Waals surface area contributed by atoms with E-state index in [0.29, 0.717) is 10.9 Å². The molecule has 0 aliphatic heterocycles. The summed E-state index contributed by atoms with van der Waals surface area (Å²) in [6, 6.07) is 2.55. The number of pyridine rings is 2. The maximum absolute atomic E-state index is 13.2. The molecule has 0 bridgehead atoms. The maximum atomic E-state index is 13.2. The first-order valence-electron chi connectivity index (χ1n) is 9.09. The van der Waals surface area contributed by atoms with Gasteiger partial charge in [0.25, 0.3) is 12.3 Å². The van der Waals surface area contributed by atoms with Gasteiger partial charge in [0.1, 0.15) is 16.6 Å². The van der Waals surface area contributed by atoms with Gasteiger partial charge in [-0.25, -0.2) is 13.8 Å². The molecule has 1 amide bonds. The molecule has 1 aliphatic rings. The molecule has 1 fully saturated rings. The van der Waals surface area contributed by atoms with Crippen molar-refractivity contribution >= 4 is 34.0 Å². The highest BCUT2D eigenvalue weighted by Crippen LogP contribution is 2.35. The molecule has 1 saturated carbocycles. The zero-order valence-corrected chi connectivity index (χ0v) is 17.6. The number of carbonyl (C=O) groups is 1. The van der Waals surface area contributed by atoms with Crippen LogP contribution < -0.4 is 10.1 Å². The number of rotatable bonds is 5. The fourth-order valence-corrected chi connectivity index (χ4v) is 3.42. The summed E-state index contributed by atoms with van der Waals surface area (Å²) in [6.45, 7) is 0. The van der Waals surface area contributed by atoms with Crippen molar-refractivity contribution in [2.75, 3.05) is 12.4 Å². The lowest BCUT2D eigenvalue weighted by Crippen LogP contribution is -2.14. The molecular weight excluding hydrogens is 448 g/mol. The molecule has 0 spiro atoms. The number of amides is 1. The highest BCUT2D eigenvalue weighted by molar-refractivity contribution is 7.15. The lowest BCUT2D eigenvalue weighted by atomic mass is 10.0. The van der Waals surface area contributed by atoms with Crippen molar-refractivity contribution in [2.45, 2.75) is 19.3 Å². The highest BCUT2D eigenvalue weighted by atomic mass is 35.5. The van der Waals surface area contributed by atoms with Gasteiger partial charge >= 0.3 is 0 Å². The number of aromatic nitrogens is 4. The summed E-state index contributed by atoms with van der Waals surface area (Å²) in [4.78, 5) is 20.6. The number of nitrogens with zero attached hydrogens (tertiary/aromatic N) is 4. The third-order valence-electron chi connectivity index (χ3n) is 4.34. The van der Waals surface area contributed by atoms with Crippen molar-refractivity contribution < 1.29 is 18.3 Å². The van der Waals surface area contributed by atoms with E-state index in [1.807, 2.05) is 0 Å². The number of anilines is 1. The summed E-state index contributed by atoms with van der Waals surface area (Å²) in [6.07, 6.45) is 1.81. The molecule has 158 valence electrons. The smallest absolute Gasteiger partial charge is 0.280 e. The first-order chi connectivity index (χ1) is 14.9. The van der Waals surface area contributed by atoms with Gasteiger partial charge in [-0.05, 0) is 30.9 Å². The third-order valence-corrected chi connectivity index (χ3v) is 5.30. The van der Waals surface area contributed by atoms with E-state index in [0.717, 1.165) is 30.2 Å². The molecule has 11 heteroatoms. The van der Waals surface area contributed by atoms with Crippen LogP contribution in [0.5, 0.6) is 5.75 Å². The molecule has 0 saturated heterocycles. The molecule has 3 heterocycles. The average Bonchev–Trinajstić information content (AvgIpc) is 3.49. The molecule has 1 N–H and O–H groups in total. The molecule has 31 heavy (non-hydrogen) atoms. The van der Waals surface area contributed by atoms with Gasteiger partial charge in [-0.2, -0.15) is 0 Å². The van der Waals surface area contributed by atoms with Crippen LogP contribution in [0.2, 0.25) is 5.15 Å². The molecule has 1 aliphatic carbocycles. The Morgan fingerprint density at radius 1 is 1.26 bits per heavy atom. The van der Waals surface area contributed by atoms with E-state index in [9.17, 15) is 13.6 Å². The Morgan fingerprint density at radius 2 is 2.06 bits per heavy atom. The Morgan fingerprint density at radius 3 is 2.77 bits per heavy atom. The minimum Gasteiger partial charge on any atom is -0.494 e. The number of nitrogens with one attached hydrogen (secondary N) is 1. The minimum absolute atomic E-state index is 0.0811. The van der Waals surface area contributed by atoms with Crippen LogP contribution in [-0.4, -0.2) is 33.2 Å². The van der Waals surface area contributed by atoms with E-state index < -0.39 is 18.0 Å². The zero-order chi connectivity index (χ0) is 22.0. The van der Waals surface area contributed by atoms with Crippen molar-refractivity contribution in [3.8, 4) is 28.7 Å². The molecule has 0 radical (unpaired) electrons. The van der Waals surface area contributed by atoms with Crippen LogP contribution in [0.15, 0.2) is 24.5 Å². The fourth-order valence-electron chi connectivity index (χ4n) is 2.67. The van der Waals surface area contributed by atoms with Gasteiger partial charge in [0, 0.05) is 23.2 Å². The molecule has 7 nitrogen and oxygen atoms in total. The van der Waals surface area contributed by atoms with Crippen molar-refractivity contribution in [3.63, 3.8) is 0 Å². The quantitative estimate of drug-likeness (QED) is 0.441. The minimum atomic E-state index is -2.80. The number of hydrogen-bond acceptors (Lipinski definition) is 7. The van der Waals surface area contributed by atoms with Crippen LogP contribution >= 0.6 is 22.9 Å². The van der Waals surface area contributed by atoms with Crippen molar-refractivity contribution in [1.82, 2.24) is 20.2 Å². The number of carbonyl (C=O) groups excluding carboxylic acids is 1. The summed E-state index contributed by atoms with van der Waals surface area (Å²) in [5.74, 6) is 6.07. The predicted octanol–water partition coefficient (Wildman–Crippen LogP) is 4.61. The lowest BCUT2D eigenvalue weighted by Gasteiger charge is -2.13. The molecular formula is C20H14ClF2N5O2S. The van der Waals surface area contributed by atoms with Gasteiger partial charge in [0.15, 0.2) is 5.01 Å². The SMILES string of the molecule is COc1cnc(C(F)F)cc1-c1cc(Cl)ncc1C(=O)Nc1nnc(C#CC2CC2)s1. The van der Waals surface area contributed by atoms with Crippen LogP contribution in [0.25, 0.3) is 11.1 Å². The van der Waals surface area contributed by atoms with Crippen molar-refractivity contribution in [2.24, 2.45) is 5.92 Å². The molecule has 0 aromatic carbocycles. The number of hydrogen-bond donors (Lipinski definition) is 1. The Hall–Kier alpha value is -3.16. The number of methoxy groups -OCH3 is 1. The van der Waals surface area contributed by atoms with E-state index in [-0.39, 0.29) is 32.7 Å². The van der Waals surface area contributed by atoms with Crippen LogP contribution in [0.1, 0.15) is 40.3 Å². The van der Waals surface area contributed by atoms with E-state index in [4.69, 9.17) is 16.3 Å². The van der Waals surface area contributed by atoms with Crippen LogP contribution in [-0.2, 0) is 0 Å². The van der Waals surface area contributed by atoms with E-state index in [2.05, 4.69) is 37.3 Å². The first kappa shape index (κ1) is 21.1. The standard InChI is InChI=1S/C20H14ClF2N5O2S/c1-30-15-9-24-14(18(22)23)6-12(15)11-7-16(21)25-8-13(11)19(29)26-20-28-27-17(31-20)5-4-10-2-3-10/h6-10,18H,2-3H2,1H3,(H,26,28,29). The van der Waals surface area contributed by atoms with Gasteiger partial charge in [-0.1, -0.05) is 28.9 Å². The summed E-state index contributed by atoms with van der Waals surface area (Å²) in [5, 5.41) is 11.3. The van der Waals surface area contributed by atoms with E-state index in [1.54, 1.807) is 0 Å². The molecule has 3 aromatic heterocycles. The Balaban J connectivity index is 1.67. The molecule has 0 atom stereocenters. The van der Waals surface area contributed by atoms with Gasteiger partial charge in [-0.3, -0.25) is 15.1 Å². The van der Waals surface area contributed by atoms with Gasteiger partial charge in [0.05, 0.1) is 18.9 Å². The largest absolute Gasteiger partial charge is 0.494 e. The van der Waals surface area contributed by atoms with Crippen LogP contribution in [0.3, 0.4) is 0 Å². The van der Waals surface area contributed by atoms with Gasteiger partial charge < -0.3 is 4.74 Å². The van der Waals surface area contributed by atoms with Crippen LogP contribution in [0, 0.1) is 17.8 Å². The van der Waals surface area contributed by atoms with Crippen molar-refractivity contribution in [1.29, 1.82) is 0 Å². The van der Waals surface area contributed by atoms with E-state index in [1.165, 1.54) is 25.6 Å². The molecule has 0 unspecified atom stereocenters. The maximum Gasteiger partial charge on any atom is 0.280 e.